The van der Waals surface area contributed by atoms with Gasteiger partial charge in [0.15, 0.2) is 0 Å². The number of ketones is 1. The second-order valence-electron chi connectivity index (χ2n) is 4.73. The summed E-state index contributed by atoms with van der Waals surface area (Å²) in [6.45, 7) is 0. The number of halogens is 6. The summed E-state index contributed by atoms with van der Waals surface area (Å²) in [5, 5.41) is 0. The monoisotopic (exact) mass is 342 g/mol. The average Bonchev–Trinajstić information content (AvgIpc) is 2.51. The van der Waals surface area contributed by atoms with E-state index in [-0.39, 0.29) is 11.1 Å². The molecule has 2 aromatic carbocycles. The van der Waals surface area contributed by atoms with Crippen LogP contribution in [0, 0.1) is 11.8 Å². The van der Waals surface area contributed by atoms with Gasteiger partial charge < -0.3 is 0 Å². The molecule has 0 aliphatic rings. The molecule has 0 radical (unpaired) electrons. The Bertz CT molecular complexity index is 787. The van der Waals surface area contributed by atoms with Crippen LogP contribution in [0.1, 0.15) is 27.0 Å². The Kier molecular flexibility index (Phi) is 4.69. The minimum atomic E-state index is -4.51. The molecule has 2 aromatic rings. The highest BCUT2D eigenvalue weighted by molar-refractivity contribution is 6.09. The zero-order valence-electron chi connectivity index (χ0n) is 11.8. The maximum atomic E-state index is 12.4. The molecule has 0 amide bonds. The number of hydrogen-bond acceptors (Lipinski definition) is 1. The molecule has 0 atom stereocenters. The van der Waals surface area contributed by atoms with Crippen LogP contribution in [-0.4, -0.2) is 5.78 Å². The van der Waals surface area contributed by atoms with Gasteiger partial charge in [-0.25, -0.2) is 0 Å². The molecule has 0 fully saturated rings. The lowest BCUT2D eigenvalue weighted by molar-refractivity contribution is -0.138. The molecule has 0 N–H and O–H groups in total. The van der Waals surface area contributed by atoms with Gasteiger partial charge >= 0.3 is 12.4 Å². The second kappa shape index (κ2) is 6.40. The van der Waals surface area contributed by atoms with E-state index in [0.29, 0.717) is 0 Å². The molecule has 0 saturated heterocycles. The Hall–Kier alpha value is -2.75. The van der Waals surface area contributed by atoms with Gasteiger partial charge in [0, 0.05) is 11.1 Å². The third-order valence-electron chi connectivity index (χ3n) is 3.01. The van der Waals surface area contributed by atoms with E-state index >= 15 is 0 Å². The predicted octanol–water partition coefficient (Wildman–Crippen LogP) is 4.96. The van der Waals surface area contributed by atoms with E-state index < -0.39 is 29.3 Å². The molecule has 0 aliphatic heterocycles. The van der Waals surface area contributed by atoms with Gasteiger partial charge in [0.1, 0.15) is 0 Å². The van der Waals surface area contributed by atoms with Crippen LogP contribution in [0.25, 0.3) is 0 Å². The highest BCUT2D eigenvalue weighted by atomic mass is 19.4. The van der Waals surface area contributed by atoms with E-state index in [4.69, 9.17) is 0 Å². The topological polar surface area (TPSA) is 17.1 Å². The van der Waals surface area contributed by atoms with Crippen molar-refractivity contribution in [2.45, 2.75) is 12.4 Å². The van der Waals surface area contributed by atoms with Crippen molar-refractivity contribution >= 4 is 5.78 Å². The Morgan fingerprint density at radius 2 is 1.12 bits per heavy atom. The molecule has 0 saturated carbocycles. The average molecular weight is 342 g/mol. The fourth-order valence-corrected chi connectivity index (χ4v) is 1.75. The van der Waals surface area contributed by atoms with Crippen molar-refractivity contribution in [2.75, 3.05) is 0 Å². The molecule has 0 aromatic heterocycles. The fraction of sp³-hybridized carbons (Fsp3) is 0.118. The van der Waals surface area contributed by atoms with Crippen molar-refractivity contribution in [3.05, 3.63) is 70.8 Å². The summed E-state index contributed by atoms with van der Waals surface area (Å²) in [6.07, 6.45) is -8.98. The summed E-state index contributed by atoms with van der Waals surface area (Å²) < 4.78 is 74.4. The first-order chi connectivity index (χ1) is 11.1. The van der Waals surface area contributed by atoms with E-state index in [1.54, 1.807) is 0 Å². The quantitative estimate of drug-likeness (QED) is 0.407. The van der Waals surface area contributed by atoms with Crippen LogP contribution < -0.4 is 0 Å². The number of benzene rings is 2. The molecular formula is C17H8F6O. The van der Waals surface area contributed by atoms with Crippen molar-refractivity contribution in [3.8, 4) is 11.8 Å². The van der Waals surface area contributed by atoms with E-state index in [9.17, 15) is 31.1 Å². The number of Topliss-reactive ketones (excluding diaryl/α,β-unsaturated/α-hetero) is 1. The summed E-state index contributed by atoms with van der Waals surface area (Å²) in [5.74, 6) is 3.82. The normalized spacial score (nSPS) is 11.6. The maximum Gasteiger partial charge on any atom is 0.416 e. The summed E-state index contributed by atoms with van der Waals surface area (Å²) in [4.78, 5) is 11.8. The Balaban J connectivity index is 2.14. The largest absolute Gasteiger partial charge is 0.416 e. The van der Waals surface area contributed by atoms with Crippen molar-refractivity contribution in [1.82, 2.24) is 0 Å². The lowest BCUT2D eigenvalue weighted by Gasteiger charge is -2.06. The first-order valence-corrected chi connectivity index (χ1v) is 6.48. The van der Waals surface area contributed by atoms with Crippen LogP contribution in [0.5, 0.6) is 0 Å². The van der Waals surface area contributed by atoms with Crippen LogP contribution >= 0.6 is 0 Å². The molecule has 7 heteroatoms. The van der Waals surface area contributed by atoms with E-state index in [1.165, 1.54) is 0 Å². The second-order valence-corrected chi connectivity index (χ2v) is 4.73. The maximum absolute atomic E-state index is 12.4. The molecule has 0 aliphatic carbocycles. The van der Waals surface area contributed by atoms with Crippen LogP contribution in [0.15, 0.2) is 48.5 Å². The summed E-state index contributed by atoms with van der Waals surface area (Å²) in [7, 11) is 0. The molecule has 0 heterocycles. The van der Waals surface area contributed by atoms with Crippen molar-refractivity contribution in [3.63, 3.8) is 0 Å². The molecule has 0 unspecified atom stereocenters. The zero-order chi connectivity index (χ0) is 18.0. The third kappa shape index (κ3) is 4.38. The van der Waals surface area contributed by atoms with Gasteiger partial charge in [0.05, 0.1) is 11.1 Å². The first-order valence-electron chi connectivity index (χ1n) is 6.48. The minimum Gasteiger partial charge on any atom is -0.279 e. The van der Waals surface area contributed by atoms with Crippen LogP contribution in [0.4, 0.5) is 26.3 Å². The number of rotatable bonds is 1. The molecule has 24 heavy (non-hydrogen) atoms. The zero-order valence-corrected chi connectivity index (χ0v) is 11.8. The van der Waals surface area contributed by atoms with E-state index in [2.05, 4.69) is 11.8 Å². The molecule has 0 spiro atoms. The Morgan fingerprint density at radius 3 is 1.54 bits per heavy atom. The predicted molar refractivity (Wildman–Crippen MR) is 74.1 cm³/mol. The van der Waals surface area contributed by atoms with Gasteiger partial charge in [0.25, 0.3) is 0 Å². The summed E-state index contributed by atoms with van der Waals surface area (Å²) in [6, 6.07) is 7.37. The minimum absolute atomic E-state index is 0.0394. The third-order valence-corrected chi connectivity index (χ3v) is 3.01. The fourth-order valence-electron chi connectivity index (χ4n) is 1.75. The Morgan fingerprint density at radius 1 is 0.708 bits per heavy atom. The van der Waals surface area contributed by atoms with Gasteiger partial charge in [-0.1, -0.05) is 5.92 Å². The van der Waals surface area contributed by atoms with Gasteiger partial charge in [0.2, 0.25) is 5.78 Å². The number of carbonyl (C=O) groups is 1. The van der Waals surface area contributed by atoms with Crippen molar-refractivity contribution in [1.29, 1.82) is 0 Å². The molecule has 0 bridgehead atoms. The number of hydrogen-bond donors (Lipinski definition) is 0. The van der Waals surface area contributed by atoms with Crippen molar-refractivity contribution in [2.24, 2.45) is 0 Å². The van der Waals surface area contributed by atoms with Crippen LogP contribution in [-0.2, 0) is 12.4 Å². The smallest absolute Gasteiger partial charge is 0.279 e. The summed E-state index contributed by atoms with van der Waals surface area (Å²) >= 11 is 0. The van der Waals surface area contributed by atoms with Gasteiger partial charge in [-0.15, -0.1) is 0 Å². The first kappa shape index (κ1) is 17.6. The standard InChI is InChI=1S/C17H8F6O/c18-16(19,20)13-6-1-11(2-7-13)3-10-15(24)12-4-8-14(9-5-12)17(21,22)23/h1-2,4-9H. The lowest BCUT2D eigenvalue weighted by atomic mass is 10.1. The van der Waals surface area contributed by atoms with Crippen LogP contribution in [0.2, 0.25) is 0 Å². The van der Waals surface area contributed by atoms with E-state index in [0.717, 1.165) is 48.5 Å². The molecular weight excluding hydrogens is 334 g/mol. The molecule has 1 nitrogen and oxygen atoms in total. The van der Waals surface area contributed by atoms with Gasteiger partial charge in [-0.05, 0) is 54.5 Å². The highest BCUT2D eigenvalue weighted by Gasteiger charge is 2.30. The van der Waals surface area contributed by atoms with Gasteiger partial charge in [-0.3, -0.25) is 4.79 Å². The lowest BCUT2D eigenvalue weighted by Crippen LogP contribution is -2.05. The van der Waals surface area contributed by atoms with Crippen molar-refractivity contribution < 1.29 is 31.1 Å². The highest BCUT2D eigenvalue weighted by Crippen LogP contribution is 2.29. The molecule has 124 valence electrons. The Labute approximate surface area is 132 Å². The number of carbonyl (C=O) groups excluding carboxylic acids is 1. The van der Waals surface area contributed by atoms with E-state index in [1.807, 2.05) is 0 Å². The summed E-state index contributed by atoms with van der Waals surface area (Å²) in [5.41, 5.74) is -1.59. The SMILES string of the molecule is O=C(C#Cc1ccc(C(F)(F)F)cc1)c1ccc(C(F)(F)F)cc1. The van der Waals surface area contributed by atoms with Gasteiger partial charge in [-0.2, -0.15) is 26.3 Å². The number of alkyl halides is 6. The molecule has 2 rings (SSSR count). The van der Waals surface area contributed by atoms with Crippen LogP contribution in [0.3, 0.4) is 0 Å².